The number of rotatable bonds is 7. The van der Waals surface area contributed by atoms with Crippen LogP contribution in [-0.4, -0.2) is 59.0 Å². The van der Waals surface area contributed by atoms with Gasteiger partial charge in [0, 0.05) is 19.6 Å². The molecule has 2 rings (SSSR count). The summed E-state index contributed by atoms with van der Waals surface area (Å²) in [6.07, 6.45) is 1.23. The Morgan fingerprint density at radius 1 is 1.29 bits per heavy atom. The van der Waals surface area contributed by atoms with E-state index < -0.39 is 6.10 Å². The lowest BCUT2D eigenvalue weighted by molar-refractivity contribution is 0.122. The summed E-state index contributed by atoms with van der Waals surface area (Å²) < 4.78 is 5.31. The van der Waals surface area contributed by atoms with Crippen LogP contribution in [0.4, 0.5) is 17.8 Å². The SMILES string of the molecule is CCCC(O)CNc1nc(NN)nc(N2CCOCC2)n1. The van der Waals surface area contributed by atoms with E-state index in [0.717, 1.165) is 25.9 Å². The second-order valence-corrected chi connectivity index (χ2v) is 4.85. The van der Waals surface area contributed by atoms with E-state index in [1.165, 1.54) is 0 Å². The van der Waals surface area contributed by atoms with Crippen LogP contribution in [0.25, 0.3) is 0 Å². The second kappa shape index (κ2) is 7.91. The summed E-state index contributed by atoms with van der Waals surface area (Å²) in [5.74, 6) is 6.64. The molecule has 2 heterocycles. The first-order chi connectivity index (χ1) is 10.2. The first-order valence-electron chi connectivity index (χ1n) is 7.20. The lowest BCUT2D eigenvalue weighted by atomic mass is 10.2. The van der Waals surface area contributed by atoms with E-state index in [4.69, 9.17) is 10.6 Å². The number of ether oxygens (including phenoxy) is 1. The molecule has 5 N–H and O–H groups in total. The smallest absolute Gasteiger partial charge is 0.243 e. The monoisotopic (exact) mass is 297 g/mol. The van der Waals surface area contributed by atoms with Gasteiger partial charge in [-0.05, 0) is 6.42 Å². The van der Waals surface area contributed by atoms with Gasteiger partial charge in [-0.1, -0.05) is 13.3 Å². The average Bonchev–Trinajstić information content (AvgIpc) is 2.54. The number of aliphatic hydroxyl groups is 1. The van der Waals surface area contributed by atoms with Gasteiger partial charge >= 0.3 is 0 Å². The van der Waals surface area contributed by atoms with Crippen LogP contribution in [0.15, 0.2) is 0 Å². The predicted octanol–water partition coefficient (Wildman–Crippen LogP) is -0.433. The van der Waals surface area contributed by atoms with E-state index in [9.17, 15) is 5.11 Å². The van der Waals surface area contributed by atoms with Crippen LogP contribution in [0.3, 0.4) is 0 Å². The van der Waals surface area contributed by atoms with E-state index >= 15 is 0 Å². The number of hydrogen-bond acceptors (Lipinski definition) is 9. The number of anilines is 3. The first-order valence-corrected chi connectivity index (χ1v) is 7.20. The summed E-state index contributed by atoms with van der Waals surface area (Å²) in [6.45, 7) is 5.17. The number of nitrogens with one attached hydrogen (secondary N) is 2. The fraction of sp³-hybridized carbons (Fsp3) is 0.750. The molecular weight excluding hydrogens is 274 g/mol. The molecule has 1 aliphatic rings. The number of hydrazine groups is 1. The third kappa shape index (κ3) is 4.66. The summed E-state index contributed by atoms with van der Waals surface area (Å²) in [5.41, 5.74) is 2.44. The van der Waals surface area contributed by atoms with Gasteiger partial charge in [-0.3, -0.25) is 5.43 Å². The van der Waals surface area contributed by atoms with Crippen molar-refractivity contribution in [3.8, 4) is 0 Å². The molecule has 0 spiro atoms. The molecule has 1 aromatic rings. The Balaban J connectivity index is 2.05. The van der Waals surface area contributed by atoms with Gasteiger partial charge in [-0.15, -0.1) is 0 Å². The number of nitrogens with zero attached hydrogens (tertiary/aromatic N) is 4. The normalized spacial score (nSPS) is 16.6. The highest BCUT2D eigenvalue weighted by Gasteiger charge is 2.16. The average molecular weight is 297 g/mol. The molecular formula is C12H23N7O2. The molecule has 1 unspecified atom stereocenters. The van der Waals surface area contributed by atoms with Crippen LogP contribution in [0, 0.1) is 0 Å². The first kappa shape index (κ1) is 15.7. The van der Waals surface area contributed by atoms with Crippen molar-refractivity contribution in [3.63, 3.8) is 0 Å². The van der Waals surface area contributed by atoms with E-state index in [-0.39, 0.29) is 0 Å². The molecule has 0 amide bonds. The highest BCUT2D eigenvalue weighted by atomic mass is 16.5. The van der Waals surface area contributed by atoms with Gasteiger partial charge < -0.3 is 20.1 Å². The largest absolute Gasteiger partial charge is 0.391 e. The van der Waals surface area contributed by atoms with Gasteiger partial charge in [0.2, 0.25) is 17.8 Å². The van der Waals surface area contributed by atoms with Crippen molar-refractivity contribution in [2.45, 2.75) is 25.9 Å². The number of aromatic nitrogens is 3. The number of aliphatic hydroxyl groups excluding tert-OH is 1. The Labute approximate surface area is 123 Å². The van der Waals surface area contributed by atoms with Crippen molar-refractivity contribution in [2.24, 2.45) is 5.84 Å². The molecule has 118 valence electrons. The zero-order chi connectivity index (χ0) is 15.1. The highest BCUT2D eigenvalue weighted by Crippen LogP contribution is 2.14. The predicted molar refractivity (Wildman–Crippen MR) is 80.1 cm³/mol. The topological polar surface area (TPSA) is 121 Å². The minimum Gasteiger partial charge on any atom is -0.391 e. The van der Waals surface area contributed by atoms with Crippen molar-refractivity contribution in [1.29, 1.82) is 0 Å². The maximum atomic E-state index is 9.75. The molecule has 1 aliphatic heterocycles. The summed E-state index contributed by atoms with van der Waals surface area (Å²) >= 11 is 0. The highest BCUT2D eigenvalue weighted by molar-refractivity contribution is 5.43. The molecule has 9 heteroatoms. The Bertz CT molecular complexity index is 440. The zero-order valence-electron chi connectivity index (χ0n) is 12.2. The van der Waals surface area contributed by atoms with Crippen LogP contribution >= 0.6 is 0 Å². The fourth-order valence-corrected chi connectivity index (χ4v) is 2.06. The van der Waals surface area contributed by atoms with E-state index in [1.807, 2.05) is 11.8 Å². The zero-order valence-corrected chi connectivity index (χ0v) is 12.2. The maximum Gasteiger partial charge on any atom is 0.243 e. The lowest BCUT2D eigenvalue weighted by Gasteiger charge is -2.27. The summed E-state index contributed by atoms with van der Waals surface area (Å²) in [6, 6.07) is 0. The Hall–Kier alpha value is -1.71. The van der Waals surface area contributed by atoms with Crippen LogP contribution in [-0.2, 0) is 4.74 Å². The number of nitrogen functional groups attached to an aromatic ring is 1. The molecule has 0 saturated carbocycles. The lowest BCUT2D eigenvalue weighted by Crippen LogP contribution is -2.37. The fourth-order valence-electron chi connectivity index (χ4n) is 2.06. The summed E-state index contributed by atoms with van der Waals surface area (Å²) in [4.78, 5) is 14.8. The second-order valence-electron chi connectivity index (χ2n) is 4.85. The molecule has 0 aliphatic carbocycles. The van der Waals surface area contributed by atoms with Crippen molar-refractivity contribution in [1.82, 2.24) is 15.0 Å². The quantitative estimate of drug-likeness (QED) is 0.392. The molecule has 9 nitrogen and oxygen atoms in total. The Morgan fingerprint density at radius 3 is 2.67 bits per heavy atom. The van der Waals surface area contributed by atoms with Crippen molar-refractivity contribution in [3.05, 3.63) is 0 Å². The van der Waals surface area contributed by atoms with Crippen LogP contribution < -0.4 is 21.5 Å². The maximum absolute atomic E-state index is 9.75. The van der Waals surface area contributed by atoms with Gasteiger partial charge in [0.15, 0.2) is 0 Å². The van der Waals surface area contributed by atoms with Crippen LogP contribution in [0.5, 0.6) is 0 Å². The molecule has 1 aromatic heterocycles. The molecule has 0 bridgehead atoms. The molecule has 1 saturated heterocycles. The van der Waals surface area contributed by atoms with Crippen LogP contribution in [0.2, 0.25) is 0 Å². The standard InChI is InChI=1S/C12H23N7O2/c1-2-3-9(20)8-14-10-15-11(18-13)17-12(16-10)19-4-6-21-7-5-19/h9,20H,2-8,13H2,1H3,(H2,14,15,16,17,18). The van der Waals surface area contributed by atoms with Crippen LogP contribution in [0.1, 0.15) is 19.8 Å². The third-order valence-corrected chi connectivity index (χ3v) is 3.16. The van der Waals surface area contributed by atoms with E-state index in [1.54, 1.807) is 0 Å². The van der Waals surface area contributed by atoms with Crippen molar-refractivity contribution < 1.29 is 9.84 Å². The summed E-state index contributed by atoms with van der Waals surface area (Å²) in [5, 5.41) is 12.8. The van der Waals surface area contributed by atoms with E-state index in [2.05, 4.69) is 25.7 Å². The van der Waals surface area contributed by atoms with Gasteiger partial charge in [-0.2, -0.15) is 15.0 Å². The van der Waals surface area contributed by atoms with Gasteiger partial charge in [0.25, 0.3) is 0 Å². The molecule has 0 aromatic carbocycles. The third-order valence-electron chi connectivity index (χ3n) is 3.16. The van der Waals surface area contributed by atoms with E-state index in [0.29, 0.717) is 37.6 Å². The number of morpholine rings is 1. The van der Waals surface area contributed by atoms with Crippen molar-refractivity contribution in [2.75, 3.05) is 48.5 Å². The van der Waals surface area contributed by atoms with Gasteiger partial charge in [0.1, 0.15) is 0 Å². The molecule has 0 radical (unpaired) electrons. The van der Waals surface area contributed by atoms with Gasteiger partial charge in [0.05, 0.1) is 19.3 Å². The van der Waals surface area contributed by atoms with Crippen molar-refractivity contribution >= 4 is 17.8 Å². The molecule has 1 atom stereocenters. The number of nitrogens with two attached hydrogens (primary N) is 1. The molecule has 21 heavy (non-hydrogen) atoms. The summed E-state index contributed by atoms with van der Waals surface area (Å²) in [7, 11) is 0. The number of hydrogen-bond donors (Lipinski definition) is 4. The minimum atomic E-state index is -0.423. The Kier molecular flexibility index (Phi) is 5.90. The Morgan fingerprint density at radius 2 is 2.00 bits per heavy atom. The minimum absolute atomic E-state index is 0.291. The molecule has 1 fully saturated rings. The van der Waals surface area contributed by atoms with Gasteiger partial charge in [-0.25, -0.2) is 5.84 Å².